The molecule has 0 radical (unpaired) electrons. The van der Waals surface area contributed by atoms with Crippen molar-refractivity contribution in [3.05, 3.63) is 63.3 Å². The zero-order valence-corrected chi connectivity index (χ0v) is 14.8. The van der Waals surface area contributed by atoms with Crippen molar-refractivity contribution >= 4 is 17.5 Å². The summed E-state index contributed by atoms with van der Waals surface area (Å²) < 4.78 is 6.01. The number of carbonyl (C=O) groups excluding carboxylic acids is 1. The number of nitrogens with zero attached hydrogens (tertiary/aromatic N) is 2. The lowest BCUT2D eigenvalue weighted by molar-refractivity contribution is -0.0502. The minimum atomic E-state index is -0.431. The highest BCUT2D eigenvalue weighted by Crippen LogP contribution is 2.30. The SMILES string of the molecule is O=C(N[C@@H]1C[C@H]2CO[C@@H](c3ccc(Cl)cc3)CN2C1)c1cnc[nH]c1=O. The number of aromatic amines is 1. The molecule has 2 saturated heterocycles. The number of rotatable bonds is 3. The molecule has 1 aromatic heterocycles. The Morgan fingerprint density at radius 1 is 1.31 bits per heavy atom. The number of hydrogen-bond acceptors (Lipinski definition) is 5. The Bertz CT molecular complexity index is 854. The van der Waals surface area contributed by atoms with E-state index in [1.165, 1.54) is 12.5 Å². The number of ether oxygens (including phenoxy) is 1. The van der Waals surface area contributed by atoms with Crippen LogP contribution in [-0.4, -0.2) is 52.6 Å². The zero-order chi connectivity index (χ0) is 18.1. The second-order valence-corrected chi connectivity index (χ2v) is 7.12. The van der Waals surface area contributed by atoms with Gasteiger partial charge in [0.25, 0.3) is 11.5 Å². The molecule has 2 aliphatic heterocycles. The Labute approximate surface area is 155 Å². The molecule has 8 heteroatoms. The maximum atomic E-state index is 12.3. The average molecular weight is 375 g/mol. The molecule has 3 atom stereocenters. The largest absolute Gasteiger partial charge is 0.371 e. The molecule has 26 heavy (non-hydrogen) atoms. The number of halogens is 1. The molecule has 0 saturated carbocycles. The van der Waals surface area contributed by atoms with Gasteiger partial charge in [-0.25, -0.2) is 4.98 Å². The minimum Gasteiger partial charge on any atom is -0.371 e. The average Bonchev–Trinajstić information content (AvgIpc) is 3.04. The third kappa shape index (κ3) is 3.51. The number of amides is 1. The van der Waals surface area contributed by atoms with E-state index >= 15 is 0 Å². The van der Waals surface area contributed by atoms with E-state index in [1.54, 1.807) is 0 Å². The molecule has 1 aromatic carbocycles. The van der Waals surface area contributed by atoms with Gasteiger partial charge in [-0.1, -0.05) is 23.7 Å². The zero-order valence-electron chi connectivity index (χ0n) is 14.0. The highest BCUT2D eigenvalue weighted by molar-refractivity contribution is 6.30. The van der Waals surface area contributed by atoms with Gasteiger partial charge in [0, 0.05) is 36.4 Å². The van der Waals surface area contributed by atoms with Crippen molar-refractivity contribution in [1.82, 2.24) is 20.2 Å². The molecule has 2 aromatic rings. The third-order valence-corrected chi connectivity index (χ3v) is 5.21. The lowest BCUT2D eigenvalue weighted by Gasteiger charge is -2.35. The van der Waals surface area contributed by atoms with Crippen LogP contribution in [0.3, 0.4) is 0 Å². The summed E-state index contributed by atoms with van der Waals surface area (Å²) in [7, 11) is 0. The normalized spacial score (nSPS) is 25.7. The first-order valence-electron chi connectivity index (χ1n) is 8.55. The molecule has 0 aliphatic carbocycles. The Morgan fingerprint density at radius 2 is 2.12 bits per heavy atom. The van der Waals surface area contributed by atoms with Gasteiger partial charge in [0.2, 0.25) is 0 Å². The third-order valence-electron chi connectivity index (χ3n) is 4.96. The van der Waals surface area contributed by atoms with Crippen LogP contribution in [-0.2, 0) is 4.74 Å². The number of benzene rings is 1. The van der Waals surface area contributed by atoms with Crippen molar-refractivity contribution in [2.75, 3.05) is 19.7 Å². The van der Waals surface area contributed by atoms with Crippen LogP contribution >= 0.6 is 11.6 Å². The second kappa shape index (κ2) is 7.19. The number of hydrogen-bond donors (Lipinski definition) is 2. The van der Waals surface area contributed by atoms with Crippen molar-refractivity contribution < 1.29 is 9.53 Å². The Kier molecular flexibility index (Phi) is 4.76. The minimum absolute atomic E-state index is 0.000800. The van der Waals surface area contributed by atoms with Crippen molar-refractivity contribution in [3.8, 4) is 0 Å². The van der Waals surface area contributed by atoms with E-state index in [0.29, 0.717) is 11.6 Å². The first kappa shape index (κ1) is 17.2. The Balaban J connectivity index is 1.39. The predicted molar refractivity (Wildman–Crippen MR) is 96.2 cm³/mol. The molecule has 0 spiro atoms. The molecule has 4 rings (SSSR count). The number of fused-ring (bicyclic) bond motifs is 1. The maximum absolute atomic E-state index is 12.3. The quantitative estimate of drug-likeness (QED) is 0.847. The van der Waals surface area contributed by atoms with Gasteiger partial charge in [0.15, 0.2) is 0 Å². The fourth-order valence-electron chi connectivity index (χ4n) is 3.63. The van der Waals surface area contributed by atoms with E-state index in [1.807, 2.05) is 24.3 Å². The number of morpholine rings is 1. The van der Waals surface area contributed by atoms with E-state index in [9.17, 15) is 9.59 Å². The Hall–Kier alpha value is -2.22. The van der Waals surface area contributed by atoms with Gasteiger partial charge in [0.05, 0.1) is 19.0 Å². The van der Waals surface area contributed by atoms with Gasteiger partial charge in [-0.3, -0.25) is 14.5 Å². The van der Waals surface area contributed by atoms with Crippen molar-refractivity contribution in [2.24, 2.45) is 0 Å². The summed E-state index contributed by atoms with van der Waals surface area (Å²) in [4.78, 5) is 32.6. The molecule has 0 unspecified atom stereocenters. The molecule has 1 amide bonds. The van der Waals surface area contributed by atoms with Crippen LogP contribution < -0.4 is 10.9 Å². The summed E-state index contributed by atoms with van der Waals surface area (Å²) in [5.41, 5.74) is 0.703. The first-order valence-corrected chi connectivity index (χ1v) is 8.92. The topological polar surface area (TPSA) is 87.3 Å². The maximum Gasteiger partial charge on any atom is 0.263 e. The number of carbonyl (C=O) groups is 1. The lowest BCUT2D eigenvalue weighted by Crippen LogP contribution is -2.43. The van der Waals surface area contributed by atoms with Crippen LogP contribution in [0.5, 0.6) is 0 Å². The van der Waals surface area contributed by atoms with Crippen LogP contribution in [0.1, 0.15) is 28.4 Å². The van der Waals surface area contributed by atoms with Crippen molar-refractivity contribution in [2.45, 2.75) is 24.6 Å². The number of nitrogens with one attached hydrogen (secondary N) is 2. The van der Waals surface area contributed by atoms with Crippen LogP contribution in [0, 0.1) is 0 Å². The molecule has 2 fully saturated rings. The number of aromatic nitrogens is 2. The van der Waals surface area contributed by atoms with Crippen LogP contribution in [0.25, 0.3) is 0 Å². The van der Waals surface area contributed by atoms with Gasteiger partial charge in [-0.05, 0) is 24.1 Å². The van der Waals surface area contributed by atoms with Crippen LogP contribution in [0.2, 0.25) is 5.02 Å². The molecule has 3 heterocycles. The molecule has 136 valence electrons. The molecule has 0 bridgehead atoms. The fourth-order valence-corrected chi connectivity index (χ4v) is 3.75. The molecule has 7 nitrogen and oxygen atoms in total. The summed E-state index contributed by atoms with van der Waals surface area (Å²) in [6.07, 6.45) is 3.36. The second-order valence-electron chi connectivity index (χ2n) is 6.68. The van der Waals surface area contributed by atoms with E-state index in [4.69, 9.17) is 16.3 Å². The van der Waals surface area contributed by atoms with Gasteiger partial charge in [-0.2, -0.15) is 0 Å². The highest BCUT2D eigenvalue weighted by atomic mass is 35.5. The number of H-pyrrole nitrogens is 1. The molecular formula is C18H19ClN4O3. The van der Waals surface area contributed by atoms with Gasteiger partial charge in [0.1, 0.15) is 5.56 Å². The summed E-state index contributed by atoms with van der Waals surface area (Å²) in [5, 5.41) is 3.65. The van der Waals surface area contributed by atoms with Crippen LogP contribution in [0.15, 0.2) is 41.6 Å². The molecule has 2 N–H and O–H groups in total. The van der Waals surface area contributed by atoms with Crippen molar-refractivity contribution in [3.63, 3.8) is 0 Å². The summed E-state index contributed by atoms with van der Waals surface area (Å²) in [5.74, 6) is -0.389. The summed E-state index contributed by atoms with van der Waals surface area (Å²) >= 11 is 5.95. The molecule has 2 aliphatic rings. The predicted octanol–water partition coefficient (Wildman–Crippen LogP) is 1.37. The smallest absolute Gasteiger partial charge is 0.263 e. The summed E-state index contributed by atoms with van der Waals surface area (Å²) in [6, 6.07) is 7.96. The van der Waals surface area contributed by atoms with Crippen molar-refractivity contribution in [1.29, 1.82) is 0 Å². The fraction of sp³-hybridized carbons (Fsp3) is 0.389. The van der Waals surface area contributed by atoms with E-state index in [2.05, 4.69) is 20.2 Å². The van der Waals surface area contributed by atoms with E-state index < -0.39 is 5.56 Å². The first-order chi connectivity index (χ1) is 12.6. The summed E-state index contributed by atoms with van der Waals surface area (Å²) in [6.45, 7) is 2.13. The van der Waals surface area contributed by atoms with E-state index in [-0.39, 0.29) is 29.7 Å². The Morgan fingerprint density at radius 3 is 2.88 bits per heavy atom. The molecular weight excluding hydrogens is 356 g/mol. The van der Waals surface area contributed by atoms with Gasteiger partial charge in [-0.15, -0.1) is 0 Å². The van der Waals surface area contributed by atoms with Crippen LogP contribution in [0.4, 0.5) is 0 Å². The van der Waals surface area contributed by atoms with E-state index in [0.717, 1.165) is 25.1 Å². The monoisotopic (exact) mass is 374 g/mol. The highest BCUT2D eigenvalue weighted by Gasteiger charge is 2.38. The van der Waals surface area contributed by atoms with Gasteiger partial charge >= 0.3 is 0 Å². The standard InChI is InChI=1S/C18H19ClN4O3/c19-12-3-1-11(2-4-12)16-8-23-7-13(5-14(23)9-26-16)22-18(25)15-6-20-10-21-17(15)24/h1-4,6,10,13-14,16H,5,7-9H2,(H,22,25)(H,20,21,24)/t13-,14+,16-/m1/s1. The lowest BCUT2D eigenvalue weighted by atomic mass is 10.1. The van der Waals surface area contributed by atoms with Gasteiger partial charge < -0.3 is 15.0 Å².